The Morgan fingerprint density at radius 3 is 2.44 bits per heavy atom. The third-order valence-corrected chi connectivity index (χ3v) is 6.67. The van der Waals surface area contributed by atoms with Gasteiger partial charge in [-0.05, 0) is 79.4 Å². The number of fused-ring (bicyclic) bond motifs is 1. The van der Waals surface area contributed by atoms with Crippen molar-refractivity contribution in [2.24, 2.45) is 0 Å². The molecule has 0 unspecified atom stereocenters. The van der Waals surface area contributed by atoms with E-state index in [1.54, 1.807) is 25.3 Å². The predicted molar refractivity (Wildman–Crippen MR) is 175 cm³/mol. The van der Waals surface area contributed by atoms with Gasteiger partial charge < -0.3 is 20.3 Å². The van der Waals surface area contributed by atoms with Crippen molar-refractivity contribution in [1.82, 2.24) is 15.3 Å². The quantitative estimate of drug-likeness (QED) is 0.230. The Hall–Kier alpha value is -4.47. The first-order chi connectivity index (χ1) is 19.6. The van der Waals surface area contributed by atoms with Crippen LogP contribution in [0.25, 0.3) is 17.0 Å². The van der Waals surface area contributed by atoms with Gasteiger partial charge in [0.1, 0.15) is 23.7 Å². The third-order valence-electron chi connectivity index (χ3n) is 6.67. The number of pyridine rings is 2. The number of halogens is 2. The Balaban J connectivity index is 0.00000323. The lowest BCUT2D eigenvalue weighted by atomic mass is 10.0. The van der Waals surface area contributed by atoms with E-state index in [0.29, 0.717) is 23.7 Å². The smallest absolute Gasteiger partial charge is 0.246 e. The normalized spacial score (nSPS) is 10.4. The minimum Gasteiger partial charge on any atom is -0.487 e. The van der Waals surface area contributed by atoms with Crippen molar-refractivity contribution in [3.05, 3.63) is 94.8 Å². The Bertz CT molecular complexity index is 1640. The molecule has 9 nitrogen and oxygen atoms in total. The van der Waals surface area contributed by atoms with Gasteiger partial charge in [-0.2, -0.15) is 0 Å². The summed E-state index contributed by atoms with van der Waals surface area (Å²) in [6.45, 7) is 7.48. The number of carbonyl (C=O) groups is 3. The van der Waals surface area contributed by atoms with Crippen LogP contribution in [-0.2, 0) is 21.0 Å². The van der Waals surface area contributed by atoms with Crippen LogP contribution in [0.5, 0.6) is 5.75 Å². The summed E-state index contributed by atoms with van der Waals surface area (Å²) in [5, 5.41) is 6.22. The lowest BCUT2D eigenvalue weighted by molar-refractivity contribution is -0.122. The fraction of sp³-hybridized carbons (Fsp3) is 0.219. The molecular formula is C32H35Cl2N5O4. The number of aromatic nitrogens is 2. The molecule has 0 aliphatic rings. The van der Waals surface area contributed by atoms with E-state index in [2.05, 4.69) is 20.6 Å². The zero-order valence-electron chi connectivity index (χ0n) is 24.6. The van der Waals surface area contributed by atoms with Crippen LogP contribution >= 0.6 is 24.8 Å². The first-order valence-electron chi connectivity index (χ1n) is 13.2. The molecule has 0 spiro atoms. The summed E-state index contributed by atoms with van der Waals surface area (Å²) < 4.78 is 6.23. The number of ether oxygens (including phenoxy) is 1. The van der Waals surface area contributed by atoms with Crippen molar-refractivity contribution in [2.75, 3.05) is 23.8 Å². The van der Waals surface area contributed by atoms with E-state index in [0.717, 1.165) is 39.0 Å². The highest BCUT2D eigenvalue weighted by atomic mass is 35.5. The van der Waals surface area contributed by atoms with Crippen LogP contribution < -0.4 is 20.3 Å². The largest absolute Gasteiger partial charge is 0.487 e. The molecule has 0 aliphatic heterocycles. The lowest BCUT2D eigenvalue weighted by Gasteiger charge is -2.23. The molecule has 4 aromatic rings. The molecule has 4 rings (SSSR count). The summed E-state index contributed by atoms with van der Waals surface area (Å²) in [6.07, 6.45) is 4.45. The number of para-hydroxylation sites is 1. The highest BCUT2D eigenvalue weighted by molar-refractivity contribution is 5.99. The SMILES string of the molecule is CC(=O)Nc1ccc(/C=C/C(=O)NCC(=O)N(C)c2ccc(C)c(COc3cccc4ccc(C)nc34)c2C)cn1.Cl.Cl. The molecule has 0 atom stereocenters. The van der Waals surface area contributed by atoms with Gasteiger partial charge in [0, 0.05) is 43.0 Å². The second-order valence-electron chi connectivity index (χ2n) is 9.74. The Labute approximate surface area is 263 Å². The van der Waals surface area contributed by atoms with Crippen LogP contribution in [0.1, 0.15) is 34.9 Å². The van der Waals surface area contributed by atoms with Crippen LogP contribution in [-0.4, -0.2) is 41.3 Å². The van der Waals surface area contributed by atoms with E-state index in [1.807, 2.05) is 63.2 Å². The third kappa shape index (κ3) is 9.01. The molecule has 0 fully saturated rings. The summed E-state index contributed by atoms with van der Waals surface area (Å²) in [7, 11) is 1.69. The second-order valence-corrected chi connectivity index (χ2v) is 9.74. The maximum absolute atomic E-state index is 13.0. The zero-order chi connectivity index (χ0) is 29.5. The van der Waals surface area contributed by atoms with E-state index < -0.39 is 5.91 Å². The Morgan fingerprint density at radius 1 is 0.977 bits per heavy atom. The second kappa shape index (κ2) is 15.7. The Morgan fingerprint density at radius 2 is 1.74 bits per heavy atom. The summed E-state index contributed by atoms with van der Waals surface area (Å²) in [5.74, 6) is 0.241. The van der Waals surface area contributed by atoms with Gasteiger partial charge in [-0.15, -0.1) is 24.8 Å². The Kier molecular flexibility index (Phi) is 12.7. The number of hydrogen-bond acceptors (Lipinski definition) is 6. The fourth-order valence-corrected chi connectivity index (χ4v) is 4.35. The molecule has 2 N–H and O–H groups in total. The molecule has 2 aromatic heterocycles. The molecule has 3 amide bonds. The summed E-state index contributed by atoms with van der Waals surface area (Å²) in [4.78, 5) is 46.7. The van der Waals surface area contributed by atoms with E-state index in [9.17, 15) is 14.4 Å². The van der Waals surface area contributed by atoms with Crippen molar-refractivity contribution in [1.29, 1.82) is 0 Å². The first-order valence-corrected chi connectivity index (χ1v) is 13.2. The highest BCUT2D eigenvalue weighted by Crippen LogP contribution is 2.29. The van der Waals surface area contributed by atoms with Gasteiger partial charge in [-0.3, -0.25) is 14.4 Å². The van der Waals surface area contributed by atoms with Crippen molar-refractivity contribution < 1.29 is 19.1 Å². The molecule has 0 saturated heterocycles. The number of benzene rings is 2. The number of rotatable bonds is 9. The number of nitrogens with one attached hydrogen (secondary N) is 2. The van der Waals surface area contributed by atoms with Gasteiger partial charge in [-0.25, -0.2) is 9.97 Å². The van der Waals surface area contributed by atoms with E-state index in [1.165, 1.54) is 24.1 Å². The molecule has 2 aromatic carbocycles. The van der Waals surface area contributed by atoms with Gasteiger partial charge >= 0.3 is 0 Å². The molecule has 43 heavy (non-hydrogen) atoms. The van der Waals surface area contributed by atoms with Crippen LogP contribution in [0.4, 0.5) is 11.5 Å². The number of likely N-dealkylation sites (N-methyl/N-ethyl adjacent to an activating group) is 1. The minimum atomic E-state index is -0.411. The zero-order valence-corrected chi connectivity index (χ0v) is 26.3. The van der Waals surface area contributed by atoms with Crippen molar-refractivity contribution in [3.8, 4) is 5.75 Å². The van der Waals surface area contributed by atoms with Crippen molar-refractivity contribution in [3.63, 3.8) is 0 Å². The maximum atomic E-state index is 13.0. The average Bonchev–Trinajstić information content (AvgIpc) is 2.95. The summed E-state index contributed by atoms with van der Waals surface area (Å²) >= 11 is 0. The van der Waals surface area contributed by atoms with Crippen LogP contribution in [0.15, 0.2) is 66.9 Å². The monoisotopic (exact) mass is 623 g/mol. The van der Waals surface area contributed by atoms with Gasteiger partial charge in [0.25, 0.3) is 0 Å². The number of amides is 3. The molecular weight excluding hydrogens is 589 g/mol. The number of carbonyl (C=O) groups excluding carboxylic acids is 3. The fourth-order valence-electron chi connectivity index (χ4n) is 4.35. The first kappa shape index (κ1) is 34.7. The van der Waals surface area contributed by atoms with E-state index >= 15 is 0 Å². The van der Waals surface area contributed by atoms with Crippen LogP contribution in [0.2, 0.25) is 0 Å². The number of anilines is 2. The molecule has 0 saturated carbocycles. The molecule has 0 aliphatic carbocycles. The van der Waals surface area contributed by atoms with Gasteiger partial charge in [0.15, 0.2) is 0 Å². The molecule has 226 valence electrons. The van der Waals surface area contributed by atoms with E-state index in [-0.39, 0.29) is 43.2 Å². The van der Waals surface area contributed by atoms with Gasteiger partial charge in [0.2, 0.25) is 17.7 Å². The van der Waals surface area contributed by atoms with Crippen molar-refractivity contribution in [2.45, 2.75) is 34.3 Å². The van der Waals surface area contributed by atoms with Gasteiger partial charge in [0.05, 0.1) is 6.54 Å². The summed E-state index contributed by atoms with van der Waals surface area (Å²) in [6, 6.07) is 17.1. The lowest BCUT2D eigenvalue weighted by Crippen LogP contribution is -2.38. The molecule has 2 heterocycles. The van der Waals surface area contributed by atoms with Crippen LogP contribution in [0.3, 0.4) is 0 Å². The van der Waals surface area contributed by atoms with Gasteiger partial charge in [-0.1, -0.05) is 24.3 Å². The molecule has 11 heteroatoms. The number of hydrogen-bond donors (Lipinski definition) is 2. The van der Waals surface area contributed by atoms with Crippen molar-refractivity contribution >= 4 is 71.0 Å². The number of aryl methyl sites for hydroxylation is 2. The average molecular weight is 625 g/mol. The highest BCUT2D eigenvalue weighted by Gasteiger charge is 2.17. The van der Waals surface area contributed by atoms with E-state index in [4.69, 9.17) is 4.74 Å². The topological polar surface area (TPSA) is 114 Å². The summed E-state index contributed by atoms with van der Waals surface area (Å²) in [5.41, 5.74) is 6.10. The standard InChI is InChI=1S/C32H33N5O4.2ClH/c1-20-9-14-27(22(3)26(20)19-41-28-8-6-7-25-13-10-21(2)35-32(25)28)37(5)31(40)18-34-30(39)16-12-24-11-15-29(33-17-24)36-23(4)38;;/h6-17H,18-19H2,1-5H3,(H,34,39)(H,33,36,38);2*1H/b16-12+;;. The predicted octanol–water partition coefficient (Wildman–Crippen LogP) is 5.73. The maximum Gasteiger partial charge on any atom is 0.246 e. The minimum absolute atomic E-state index is 0. The molecule has 0 radical (unpaired) electrons. The molecule has 0 bridgehead atoms. The number of nitrogens with zero attached hydrogens (tertiary/aromatic N) is 3. The van der Waals surface area contributed by atoms with Crippen LogP contribution in [0, 0.1) is 20.8 Å².